The molecule has 3 N–H and O–H groups in total. The number of amides is 1. The lowest BCUT2D eigenvalue weighted by Gasteiger charge is -2.27. The predicted octanol–water partition coefficient (Wildman–Crippen LogP) is 3.80. The smallest absolute Gasteiger partial charge is 0.271 e. The van der Waals surface area contributed by atoms with Crippen molar-refractivity contribution in [3.63, 3.8) is 0 Å². The molecule has 2 aromatic rings. The molecule has 0 fully saturated rings. The average molecular weight is 381 g/mol. The summed E-state index contributed by atoms with van der Waals surface area (Å²) < 4.78 is 0. The molecule has 28 heavy (non-hydrogen) atoms. The molecular weight excluding hydrogens is 358 g/mol. The molecule has 0 saturated carbocycles. The first-order chi connectivity index (χ1) is 13.2. The minimum atomic E-state index is -0.993. The van der Waals surface area contributed by atoms with Crippen LogP contribution in [0.4, 0.5) is 22.7 Å². The van der Waals surface area contributed by atoms with Gasteiger partial charge in [0.05, 0.1) is 28.9 Å². The Morgan fingerprint density at radius 2 is 1.89 bits per heavy atom. The summed E-state index contributed by atoms with van der Waals surface area (Å²) in [5.74, 6) is -0.454. The molecule has 146 valence electrons. The van der Waals surface area contributed by atoms with E-state index in [1.807, 2.05) is 44.2 Å². The van der Waals surface area contributed by atoms with E-state index in [0.717, 1.165) is 5.69 Å². The van der Waals surface area contributed by atoms with Crippen LogP contribution in [0.5, 0.6) is 0 Å². The second-order valence-corrected chi connectivity index (χ2v) is 6.85. The van der Waals surface area contributed by atoms with Crippen molar-refractivity contribution in [1.29, 1.82) is 5.26 Å². The molecular formula is C20H23N5O3. The van der Waals surface area contributed by atoms with Gasteiger partial charge >= 0.3 is 0 Å². The first-order valence-electron chi connectivity index (χ1n) is 8.82. The summed E-state index contributed by atoms with van der Waals surface area (Å²) in [4.78, 5) is 22.9. The highest BCUT2D eigenvalue weighted by Gasteiger charge is 2.29. The number of rotatable bonds is 8. The van der Waals surface area contributed by atoms with Gasteiger partial charge in [-0.15, -0.1) is 0 Å². The van der Waals surface area contributed by atoms with E-state index >= 15 is 0 Å². The molecule has 1 atom stereocenters. The summed E-state index contributed by atoms with van der Waals surface area (Å²) in [6.07, 6.45) is 0. The number of anilines is 3. The predicted molar refractivity (Wildman–Crippen MR) is 108 cm³/mol. The van der Waals surface area contributed by atoms with Gasteiger partial charge in [-0.2, -0.15) is 5.26 Å². The van der Waals surface area contributed by atoms with Crippen molar-refractivity contribution < 1.29 is 9.72 Å². The average Bonchev–Trinajstić information content (AvgIpc) is 2.67. The third kappa shape index (κ3) is 5.20. The Labute approximate surface area is 163 Å². The third-order valence-electron chi connectivity index (χ3n) is 4.49. The van der Waals surface area contributed by atoms with Gasteiger partial charge in [0.1, 0.15) is 5.54 Å². The van der Waals surface area contributed by atoms with Crippen molar-refractivity contribution in [2.75, 3.05) is 17.2 Å². The number of carbonyl (C=O) groups is 1. The topological polar surface area (TPSA) is 120 Å². The molecule has 0 aromatic heterocycles. The van der Waals surface area contributed by atoms with Crippen LogP contribution >= 0.6 is 0 Å². The Morgan fingerprint density at radius 1 is 1.21 bits per heavy atom. The maximum Gasteiger partial charge on any atom is 0.271 e. The molecule has 0 aliphatic carbocycles. The van der Waals surface area contributed by atoms with Crippen LogP contribution in [0.1, 0.15) is 20.8 Å². The summed E-state index contributed by atoms with van der Waals surface area (Å²) in [6, 6.07) is 15.8. The van der Waals surface area contributed by atoms with Crippen LogP contribution < -0.4 is 16.0 Å². The molecule has 0 radical (unpaired) electrons. The van der Waals surface area contributed by atoms with Gasteiger partial charge < -0.3 is 16.0 Å². The van der Waals surface area contributed by atoms with E-state index in [4.69, 9.17) is 0 Å². The summed E-state index contributed by atoms with van der Waals surface area (Å²) in [7, 11) is 0. The number of nitrogens with zero attached hydrogens (tertiary/aromatic N) is 2. The van der Waals surface area contributed by atoms with E-state index in [0.29, 0.717) is 11.4 Å². The Morgan fingerprint density at radius 3 is 2.46 bits per heavy atom. The largest absolute Gasteiger partial charge is 0.374 e. The van der Waals surface area contributed by atoms with Crippen LogP contribution in [0.15, 0.2) is 48.5 Å². The van der Waals surface area contributed by atoms with Crippen LogP contribution in [0, 0.1) is 27.4 Å². The first kappa shape index (κ1) is 20.7. The number of non-ortho nitro benzene ring substituents is 1. The Bertz CT molecular complexity index is 892. The molecule has 8 heteroatoms. The first-order valence-corrected chi connectivity index (χ1v) is 8.82. The monoisotopic (exact) mass is 381 g/mol. The zero-order valence-electron chi connectivity index (χ0n) is 16.0. The molecule has 1 amide bonds. The number of nitro groups is 1. The van der Waals surface area contributed by atoms with Gasteiger partial charge in [-0.05, 0) is 31.0 Å². The van der Waals surface area contributed by atoms with Crippen molar-refractivity contribution in [3.8, 4) is 6.07 Å². The molecule has 0 heterocycles. The van der Waals surface area contributed by atoms with Crippen LogP contribution in [-0.4, -0.2) is 22.9 Å². The molecule has 2 rings (SSSR count). The van der Waals surface area contributed by atoms with Crippen LogP contribution in [0.25, 0.3) is 0 Å². The normalized spacial score (nSPS) is 12.5. The molecule has 0 spiro atoms. The zero-order valence-corrected chi connectivity index (χ0v) is 16.0. The van der Waals surface area contributed by atoms with Crippen molar-refractivity contribution in [2.24, 2.45) is 5.92 Å². The number of nitrogens with one attached hydrogen (secondary N) is 3. The van der Waals surface area contributed by atoms with E-state index in [1.165, 1.54) is 12.1 Å². The number of hydrogen-bond acceptors (Lipinski definition) is 6. The fraction of sp³-hybridized carbons (Fsp3) is 0.300. The summed E-state index contributed by atoms with van der Waals surface area (Å²) in [5.41, 5.74) is 0.728. The van der Waals surface area contributed by atoms with Gasteiger partial charge in [0.15, 0.2) is 0 Å². The van der Waals surface area contributed by atoms with Crippen molar-refractivity contribution in [1.82, 2.24) is 5.32 Å². The van der Waals surface area contributed by atoms with Gasteiger partial charge in [-0.25, -0.2) is 0 Å². The minimum absolute atomic E-state index is 0.0745. The molecule has 0 aliphatic heterocycles. The standard InChI is InChI=1S/C20H23N5O3/c1-14(2)20(3,13-21)24-19(26)12-22-18-11-16(25(27)28)9-10-17(18)23-15-7-5-4-6-8-15/h4-11,14,22-23H,12H2,1-3H3,(H,24,26)/t20-/m1/s1. The highest BCUT2D eigenvalue weighted by atomic mass is 16.6. The number of hydrogen-bond donors (Lipinski definition) is 3. The van der Waals surface area contributed by atoms with Crippen molar-refractivity contribution in [3.05, 3.63) is 58.6 Å². The SMILES string of the molecule is CC(C)[C@@](C)(C#N)NC(=O)CNc1cc([N+](=O)[O-])ccc1Nc1ccccc1. The molecule has 0 bridgehead atoms. The minimum Gasteiger partial charge on any atom is -0.374 e. The van der Waals surface area contributed by atoms with Gasteiger partial charge in [0.2, 0.25) is 5.91 Å². The summed E-state index contributed by atoms with van der Waals surface area (Å²) >= 11 is 0. The quantitative estimate of drug-likeness (QED) is 0.472. The summed E-state index contributed by atoms with van der Waals surface area (Å²) in [6.45, 7) is 5.22. The number of para-hydroxylation sites is 1. The second kappa shape index (κ2) is 8.86. The maximum absolute atomic E-state index is 12.3. The second-order valence-electron chi connectivity index (χ2n) is 6.85. The molecule has 8 nitrogen and oxygen atoms in total. The van der Waals surface area contributed by atoms with Gasteiger partial charge in [-0.1, -0.05) is 32.0 Å². The maximum atomic E-state index is 12.3. The summed E-state index contributed by atoms with van der Waals surface area (Å²) in [5, 5.41) is 29.2. The van der Waals surface area contributed by atoms with E-state index in [2.05, 4.69) is 22.0 Å². The lowest BCUT2D eigenvalue weighted by atomic mass is 9.90. The number of benzene rings is 2. The number of carbonyl (C=O) groups excluding carboxylic acids is 1. The third-order valence-corrected chi connectivity index (χ3v) is 4.49. The molecule has 0 unspecified atom stereocenters. The Hall–Kier alpha value is -3.60. The van der Waals surface area contributed by atoms with E-state index in [9.17, 15) is 20.2 Å². The van der Waals surface area contributed by atoms with Crippen LogP contribution in [-0.2, 0) is 4.79 Å². The number of nitro benzene ring substituents is 1. The Balaban J connectivity index is 2.18. The lowest BCUT2D eigenvalue weighted by molar-refractivity contribution is -0.384. The van der Waals surface area contributed by atoms with Gasteiger partial charge in [0, 0.05) is 17.8 Å². The fourth-order valence-corrected chi connectivity index (χ4v) is 2.39. The van der Waals surface area contributed by atoms with Crippen molar-refractivity contribution in [2.45, 2.75) is 26.3 Å². The molecule has 0 saturated heterocycles. The van der Waals surface area contributed by atoms with Crippen molar-refractivity contribution >= 4 is 28.7 Å². The van der Waals surface area contributed by atoms with E-state index < -0.39 is 10.5 Å². The van der Waals surface area contributed by atoms with E-state index in [1.54, 1.807) is 13.0 Å². The zero-order chi connectivity index (χ0) is 20.7. The van der Waals surface area contributed by atoms with Gasteiger partial charge in [-0.3, -0.25) is 14.9 Å². The highest BCUT2D eigenvalue weighted by molar-refractivity contribution is 5.84. The van der Waals surface area contributed by atoms with Crippen LogP contribution in [0.2, 0.25) is 0 Å². The molecule has 2 aromatic carbocycles. The highest BCUT2D eigenvalue weighted by Crippen LogP contribution is 2.29. The number of nitriles is 1. The van der Waals surface area contributed by atoms with Gasteiger partial charge in [0.25, 0.3) is 5.69 Å². The lowest BCUT2D eigenvalue weighted by Crippen LogP contribution is -2.50. The molecule has 0 aliphatic rings. The van der Waals surface area contributed by atoms with E-state index in [-0.39, 0.29) is 24.1 Å². The Kier molecular flexibility index (Phi) is 6.55. The van der Waals surface area contributed by atoms with Crippen LogP contribution in [0.3, 0.4) is 0 Å². The fourth-order valence-electron chi connectivity index (χ4n) is 2.39.